The zero-order chi connectivity index (χ0) is 13.8. The Kier molecular flexibility index (Phi) is 4.36. The van der Waals surface area contributed by atoms with Gasteiger partial charge in [-0.3, -0.25) is 10.1 Å². The standard InChI is InChI=1S/C12H17N3O3S/c1-7-6-19-12(13-7)15-11(18)14-9-5-3-2-4-8(9)10(16)17/h6,8-9H,2-5H2,1H3,(H,16,17)(H2,13,14,15,18). The van der Waals surface area contributed by atoms with Gasteiger partial charge in [0.2, 0.25) is 0 Å². The van der Waals surface area contributed by atoms with Crippen molar-refractivity contribution in [1.29, 1.82) is 0 Å². The molecule has 1 saturated carbocycles. The van der Waals surface area contributed by atoms with Gasteiger partial charge in [-0.1, -0.05) is 12.8 Å². The number of hydrogen-bond donors (Lipinski definition) is 3. The van der Waals surface area contributed by atoms with Gasteiger partial charge in [-0.15, -0.1) is 11.3 Å². The second-order valence-corrected chi connectivity index (χ2v) is 5.59. The molecule has 19 heavy (non-hydrogen) atoms. The van der Waals surface area contributed by atoms with Gasteiger partial charge in [-0.05, 0) is 19.8 Å². The van der Waals surface area contributed by atoms with Crippen LogP contribution in [0, 0.1) is 12.8 Å². The summed E-state index contributed by atoms with van der Waals surface area (Å²) in [5.74, 6) is -1.33. The Hall–Kier alpha value is -1.63. The molecule has 2 atom stereocenters. The van der Waals surface area contributed by atoms with Gasteiger partial charge in [-0.25, -0.2) is 9.78 Å². The van der Waals surface area contributed by atoms with Crippen LogP contribution in [0.25, 0.3) is 0 Å². The lowest BCUT2D eigenvalue weighted by Crippen LogP contribution is -2.46. The lowest BCUT2D eigenvalue weighted by Gasteiger charge is -2.29. The largest absolute Gasteiger partial charge is 0.481 e. The minimum absolute atomic E-state index is 0.299. The van der Waals surface area contributed by atoms with Gasteiger partial charge in [0, 0.05) is 11.4 Å². The second kappa shape index (κ2) is 6.01. The molecule has 1 aliphatic carbocycles. The Morgan fingerprint density at radius 3 is 2.79 bits per heavy atom. The van der Waals surface area contributed by atoms with Crippen LogP contribution in [-0.2, 0) is 4.79 Å². The first-order valence-corrected chi connectivity index (χ1v) is 7.16. The highest BCUT2D eigenvalue weighted by atomic mass is 32.1. The van der Waals surface area contributed by atoms with Crippen molar-refractivity contribution < 1.29 is 14.7 Å². The number of amides is 2. The number of carboxylic acids is 1. The molecule has 0 aromatic carbocycles. The molecule has 1 aliphatic rings. The Labute approximate surface area is 115 Å². The van der Waals surface area contributed by atoms with Crippen LogP contribution in [0.5, 0.6) is 0 Å². The maximum atomic E-state index is 11.8. The van der Waals surface area contributed by atoms with E-state index in [1.807, 2.05) is 12.3 Å². The molecule has 0 bridgehead atoms. The molecule has 0 saturated heterocycles. The van der Waals surface area contributed by atoms with Crippen molar-refractivity contribution in [3.8, 4) is 0 Å². The predicted molar refractivity (Wildman–Crippen MR) is 72.4 cm³/mol. The van der Waals surface area contributed by atoms with Gasteiger partial charge in [0.25, 0.3) is 0 Å². The third-order valence-corrected chi connectivity index (χ3v) is 4.11. The molecule has 2 amide bonds. The minimum atomic E-state index is -0.838. The first-order valence-electron chi connectivity index (χ1n) is 6.28. The fraction of sp³-hybridized carbons (Fsp3) is 0.583. The van der Waals surface area contributed by atoms with Gasteiger partial charge in [0.15, 0.2) is 5.13 Å². The van der Waals surface area contributed by atoms with Gasteiger partial charge >= 0.3 is 12.0 Å². The summed E-state index contributed by atoms with van der Waals surface area (Å²) in [4.78, 5) is 27.1. The fourth-order valence-electron chi connectivity index (χ4n) is 2.31. The molecule has 0 spiro atoms. The molecule has 0 aliphatic heterocycles. The van der Waals surface area contributed by atoms with E-state index in [1.54, 1.807) is 0 Å². The van der Waals surface area contributed by atoms with E-state index < -0.39 is 11.9 Å². The van der Waals surface area contributed by atoms with Crippen LogP contribution in [0.1, 0.15) is 31.4 Å². The van der Waals surface area contributed by atoms with Gasteiger partial charge in [0.1, 0.15) is 0 Å². The van der Waals surface area contributed by atoms with Crippen molar-refractivity contribution in [1.82, 2.24) is 10.3 Å². The zero-order valence-electron chi connectivity index (χ0n) is 10.7. The lowest BCUT2D eigenvalue weighted by atomic mass is 9.84. The molecule has 104 valence electrons. The normalized spacial score (nSPS) is 22.8. The number of rotatable bonds is 3. The summed E-state index contributed by atoms with van der Waals surface area (Å²) in [6.45, 7) is 1.85. The quantitative estimate of drug-likeness (QED) is 0.793. The number of aromatic nitrogens is 1. The molecule has 0 radical (unpaired) electrons. The van der Waals surface area contributed by atoms with Gasteiger partial charge in [0.05, 0.1) is 11.6 Å². The third kappa shape index (κ3) is 3.66. The van der Waals surface area contributed by atoms with E-state index in [2.05, 4.69) is 15.6 Å². The molecule has 7 heteroatoms. The second-order valence-electron chi connectivity index (χ2n) is 4.73. The van der Waals surface area contributed by atoms with Crippen molar-refractivity contribution in [2.24, 2.45) is 5.92 Å². The molecule has 2 rings (SSSR count). The van der Waals surface area contributed by atoms with E-state index in [9.17, 15) is 9.59 Å². The molecule has 3 N–H and O–H groups in total. The third-order valence-electron chi connectivity index (χ3n) is 3.24. The SMILES string of the molecule is Cc1csc(NC(=O)NC2CCCCC2C(=O)O)n1. The van der Waals surface area contributed by atoms with E-state index in [1.165, 1.54) is 11.3 Å². The molecular formula is C12H17N3O3S. The Balaban J connectivity index is 1.91. The summed E-state index contributed by atoms with van der Waals surface area (Å²) in [6, 6.07) is -0.681. The highest BCUT2D eigenvalue weighted by Crippen LogP contribution is 2.24. The number of urea groups is 1. The Morgan fingerprint density at radius 1 is 1.42 bits per heavy atom. The topological polar surface area (TPSA) is 91.3 Å². The number of nitrogens with one attached hydrogen (secondary N) is 2. The average molecular weight is 283 g/mol. The molecule has 1 aromatic heterocycles. The van der Waals surface area contributed by atoms with Crippen LogP contribution in [-0.4, -0.2) is 28.1 Å². The number of aliphatic carboxylic acids is 1. The summed E-state index contributed by atoms with van der Waals surface area (Å²) in [7, 11) is 0. The molecule has 1 heterocycles. The molecule has 2 unspecified atom stereocenters. The van der Waals surface area contributed by atoms with E-state index >= 15 is 0 Å². The summed E-state index contributed by atoms with van der Waals surface area (Å²) in [5, 5.41) is 16.9. The molecule has 6 nitrogen and oxygen atoms in total. The van der Waals surface area contributed by atoms with E-state index in [0.717, 1.165) is 18.5 Å². The number of anilines is 1. The average Bonchev–Trinajstić information content (AvgIpc) is 2.75. The number of aryl methyl sites for hydroxylation is 1. The highest BCUT2D eigenvalue weighted by molar-refractivity contribution is 7.13. The Morgan fingerprint density at radius 2 is 2.16 bits per heavy atom. The number of carbonyl (C=O) groups is 2. The van der Waals surface area contributed by atoms with Crippen LogP contribution in [0.4, 0.5) is 9.93 Å². The highest BCUT2D eigenvalue weighted by Gasteiger charge is 2.31. The van der Waals surface area contributed by atoms with E-state index in [0.29, 0.717) is 18.0 Å². The number of thiazole rings is 1. The van der Waals surface area contributed by atoms with Gasteiger partial charge < -0.3 is 10.4 Å². The molecule has 1 aromatic rings. The Bertz CT molecular complexity index is 475. The van der Waals surface area contributed by atoms with Crippen molar-refractivity contribution in [2.45, 2.75) is 38.6 Å². The van der Waals surface area contributed by atoms with Crippen molar-refractivity contribution in [2.75, 3.05) is 5.32 Å². The van der Waals surface area contributed by atoms with Crippen LogP contribution < -0.4 is 10.6 Å². The summed E-state index contributed by atoms with van der Waals surface area (Å²) in [5.41, 5.74) is 0.848. The first-order chi connectivity index (χ1) is 9.06. The van der Waals surface area contributed by atoms with Crippen LogP contribution in [0.15, 0.2) is 5.38 Å². The van der Waals surface area contributed by atoms with Gasteiger partial charge in [-0.2, -0.15) is 0 Å². The summed E-state index contributed by atoms with van der Waals surface area (Å²) in [6.07, 6.45) is 3.19. The maximum absolute atomic E-state index is 11.8. The summed E-state index contributed by atoms with van der Waals surface area (Å²) < 4.78 is 0. The van der Waals surface area contributed by atoms with Crippen molar-refractivity contribution in [3.05, 3.63) is 11.1 Å². The lowest BCUT2D eigenvalue weighted by molar-refractivity contribution is -0.143. The predicted octanol–water partition coefficient (Wildman–Crippen LogP) is 2.22. The maximum Gasteiger partial charge on any atom is 0.321 e. The number of carboxylic acid groups (broad SMARTS) is 1. The molecule has 1 fully saturated rings. The minimum Gasteiger partial charge on any atom is -0.481 e. The van der Waals surface area contributed by atoms with Crippen LogP contribution >= 0.6 is 11.3 Å². The first kappa shape index (κ1) is 13.8. The monoisotopic (exact) mass is 283 g/mol. The van der Waals surface area contributed by atoms with E-state index in [4.69, 9.17) is 5.11 Å². The van der Waals surface area contributed by atoms with Crippen molar-refractivity contribution in [3.63, 3.8) is 0 Å². The van der Waals surface area contributed by atoms with Crippen LogP contribution in [0.2, 0.25) is 0 Å². The summed E-state index contributed by atoms with van der Waals surface area (Å²) >= 11 is 1.35. The molecular weight excluding hydrogens is 266 g/mol. The van der Waals surface area contributed by atoms with Crippen molar-refractivity contribution >= 4 is 28.5 Å². The van der Waals surface area contributed by atoms with E-state index in [-0.39, 0.29) is 12.1 Å². The van der Waals surface area contributed by atoms with Crippen LogP contribution in [0.3, 0.4) is 0 Å². The zero-order valence-corrected chi connectivity index (χ0v) is 11.5. The number of carbonyl (C=O) groups excluding carboxylic acids is 1. The fourth-order valence-corrected chi connectivity index (χ4v) is 3.00. The number of nitrogens with zero attached hydrogens (tertiary/aromatic N) is 1. The number of hydrogen-bond acceptors (Lipinski definition) is 4. The smallest absolute Gasteiger partial charge is 0.321 e.